The highest BCUT2D eigenvalue weighted by molar-refractivity contribution is 7.32. The van der Waals surface area contributed by atoms with Gasteiger partial charge in [-0.25, -0.2) is 4.99 Å². The van der Waals surface area contributed by atoms with E-state index in [0.717, 1.165) is 36.2 Å². The van der Waals surface area contributed by atoms with Crippen molar-refractivity contribution in [3.8, 4) is 10.4 Å². The van der Waals surface area contributed by atoms with Gasteiger partial charge in [0.05, 0.1) is 15.5 Å². The van der Waals surface area contributed by atoms with Gasteiger partial charge in [0.2, 0.25) is 0 Å². The van der Waals surface area contributed by atoms with Crippen LogP contribution in [0.2, 0.25) is 0 Å². The fraction of sp³-hybridized carbons (Fsp3) is 0.211. The number of non-ortho nitro benzene ring substituents is 1. The molecular formula is C19H19N3O2S2. The number of nitro groups is 1. The summed E-state index contributed by atoms with van der Waals surface area (Å²) in [6.45, 7) is 4.13. The second-order valence-corrected chi connectivity index (χ2v) is 8.39. The molecule has 2 aromatic carbocycles. The topological polar surface area (TPSA) is 58.7 Å². The molecule has 0 atom stereocenters. The SMILES string of the molecule is Cc1cccc(C)c1N=c1sc(-c2ccc([N+](=O)[O-])cc2)c(N(C)C)s1. The average Bonchev–Trinajstić information content (AvgIpc) is 3.03. The lowest BCUT2D eigenvalue weighted by molar-refractivity contribution is -0.384. The van der Waals surface area contributed by atoms with Gasteiger partial charge in [-0.15, -0.1) is 11.3 Å². The first-order valence-corrected chi connectivity index (χ1v) is 9.67. The third-order valence-electron chi connectivity index (χ3n) is 3.96. The summed E-state index contributed by atoms with van der Waals surface area (Å²) < 4.78 is 0.958. The maximum absolute atomic E-state index is 10.9. The zero-order valence-electron chi connectivity index (χ0n) is 15.0. The predicted molar refractivity (Wildman–Crippen MR) is 110 cm³/mol. The lowest BCUT2D eigenvalue weighted by atomic mass is 10.1. The van der Waals surface area contributed by atoms with Crippen LogP contribution in [-0.2, 0) is 0 Å². The van der Waals surface area contributed by atoms with Crippen molar-refractivity contribution in [2.75, 3.05) is 19.0 Å². The zero-order valence-corrected chi connectivity index (χ0v) is 16.6. The van der Waals surface area contributed by atoms with E-state index in [4.69, 9.17) is 4.99 Å². The number of hydrogen-bond donors (Lipinski definition) is 0. The molecule has 1 aromatic heterocycles. The Kier molecular flexibility index (Phi) is 5.20. The first kappa shape index (κ1) is 18.3. The molecule has 0 aliphatic rings. The number of para-hydroxylation sites is 1. The summed E-state index contributed by atoms with van der Waals surface area (Å²) in [6, 6.07) is 12.8. The molecule has 7 heteroatoms. The number of aryl methyl sites for hydroxylation is 2. The molecule has 0 aliphatic heterocycles. The highest BCUT2D eigenvalue weighted by atomic mass is 32.2. The molecule has 1 heterocycles. The van der Waals surface area contributed by atoms with Gasteiger partial charge in [0.15, 0.2) is 3.98 Å². The van der Waals surface area contributed by atoms with Crippen molar-refractivity contribution >= 4 is 39.0 Å². The summed E-state index contributed by atoms with van der Waals surface area (Å²) in [7, 11) is 3.99. The van der Waals surface area contributed by atoms with Crippen LogP contribution in [0.25, 0.3) is 10.4 Å². The Balaban J connectivity index is 2.12. The van der Waals surface area contributed by atoms with Crippen LogP contribution in [0, 0.1) is 24.0 Å². The largest absolute Gasteiger partial charge is 0.368 e. The molecule has 26 heavy (non-hydrogen) atoms. The van der Waals surface area contributed by atoms with Crippen molar-refractivity contribution in [1.82, 2.24) is 0 Å². The highest BCUT2D eigenvalue weighted by Gasteiger charge is 2.14. The highest BCUT2D eigenvalue weighted by Crippen LogP contribution is 2.37. The van der Waals surface area contributed by atoms with E-state index >= 15 is 0 Å². The monoisotopic (exact) mass is 385 g/mol. The molecule has 0 amide bonds. The van der Waals surface area contributed by atoms with E-state index in [0.29, 0.717) is 0 Å². The van der Waals surface area contributed by atoms with Gasteiger partial charge < -0.3 is 4.90 Å². The molecule has 0 saturated carbocycles. The van der Waals surface area contributed by atoms with Gasteiger partial charge in [-0.1, -0.05) is 29.5 Å². The fourth-order valence-corrected chi connectivity index (χ4v) is 5.05. The Morgan fingerprint density at radius 3 is 2.15 bits per heavy atom. The molecular weight excluding hydrogens is 366 g/mol. The molecule has 5 nitrogen and oxygen atoms in total. The van der Waals surface area contributed by atoms with E-state index in [-0.39, 0.29) is 10.6 Å². The average molecular weight is 386 g/mol. The van der Waals surface area contributed by atoms with Crippen molar-refractivity contribution in [3.63, 3.8) is 0 Å². The third-order valence-corrected chi connectivity index (χ3v) is 6.51. The smallest absolute Gasteiger partial charge is 0.269 e. The van der Waals surface area contributed by atoms with Gasteiger partial charge in [-0.3, -0.25) is 10.1 Å². The van der Waals surface area contributed by atoms with Crippen molar-refractivity contribution < 1.29 is 4.92 Å². The second kappa shape index (κ2) is 7.39. The van der Waals surface area contributed by atoms with E-state index < -0.39 is 0 Å². The normalized spacial score (nSPS) is 11.6. The minimum atomic E-state index is -0.380. The Morgan fingerprint density at radius 1 is 1.00 bits per heavy atom. The molecule has 3 aromatic rings. The number of nitrogens with zero attached hydrogens (tertiary/aromatic N) is 3. The minimum absolute atomic E-state index is 0.0980. The Labute approximate surface area is 160 Å². The quantitative estimate of drug-likeness (QED) is 0.452. The molecule has 0 aliphatic carbocycles. The second-order valence-electron chi connectivity index (χ2n) is 6.15. The van der Waals surface area contributed by atoms with E-state index in [2.05, 4.69) is 30.9 Å². The van der Waals surface area contributed by atoms with Gasteiger partial charge in [0.25, 0.3) is 5.69 Å². The lowest BCUT2D eigenvalue weighted by Gasteiger charge is -2.11. The van der Waals surface area contributed by atoms with Crippen LogP contribution in [0.4, 0.5) is 16.4 Å². The summed E-state index contributed by atoms with van der Waals surface area (Å²) in [4.78, 5) is 18.5. The minimum Gasteiger partial charge on any atom is -0.368 e. The van der Waals surface area contributed by atoms with Gasteiger partial charge in [-0.05, 0) is 42.7 Å². The molecule has 0 bridgehead atoms. The maximum atomic E-state index is 10.9. The molecule has 0 spiro atoms. The van der Waals surface area contributed by atoms with Crippen LogP contribution in [0.15, 0.2) is 47.5 Å². The molecule has 3 rings (SSSR count). The van der Waals surface area contributed by atoms with E-state index in [1.54, 1.807) is 46.9 Å². The van der Waals surface area contributed by atoms with Crippen LogP contribution in [0.5, 0.6) is 0 Å². The molecule has 0 saturated heterocycles. The summed E-state index contributed by atoms with van der Waals surface area (Å²) in [6.07, 6.45) is 0. The number of benzene rings is 2. The number of anilines is 1. The van der Waals surface area contributed by atoms with Crippen molar-refractivity contribution in [2.24, 2.45) is 4.99 Å². The van der Waals surface area contributed by atoms with Gasteiger partial charge in [0.1, 0.15) is 5.00 Å². The maximum Gasteiger partial charge on any atom is 0.269 e. The Morgan fingerprint density at radius 2 is 1.62 bits per heavy atom. The van der Waals surface area contributed by atoms with Crippen LogP contribution < -0.4 is 8.88 Å². The summed E-state index contributed by atoms with van der Waals surface area (Å²) >= 11 is 3.24. The van der Waals surface area contributed by atoms with Gasteiger partial charge >= 0.3 is 0 Å². The van der Waals surface area contributed by atoms with Gasteiger partial charge in [-0.2, -0.15) is 0 Å². The number of hydrogen-bond acceptors (Lipinski definition) is 6. The molecule has 0 radical (unpaired) electrons. The van der Waals surface area contributed by atoms with Crippen LogP contribution in [-0.4, -0.2) is 19.0 Å². The first-order valence-electron chi connectivity index (χ1n) is 8.04. The van der Waals surface area contributed by atoms with Crippen molar-refractivity contribution in [3.05, 3.63) is 67.7 Å². The number of rotatable bonds is 4. The van der Waals surface area contributed by atoms with Crippen molar-refractivity contribution in [2.45, 2.75) is 13.8 Å². The standard InChI is InChI=1S/C19H19N3O2S2/c1-12-6-5-7-13(2)16(12)20-19-25-17(18(26-19)21(3)4)14-8-10-15(11-9-14)22(23)24/h5-11H,1-4H3. The molecule has 134 valence electrons. The van der Waals surface area contributed by atoms with Gasteiger partial charge in [0, 0.05) is 26.2 Å². The Bertz CT molecular complexity index is 998. The van der Waals surface area contributed by atoms with E-state index in [1.165, 1.54) is 0 Å². The summed E-state index contributed by atoms with van der Waals surface area (Å²) in [5.74, 6) is 0. The fourth-order valence-electron chi connectivity index (χ4n) is 2.61. The Hall–Kier alpha value is -2.51. The van der Waals surface area contributed by atoms with E-state index in [1.807, 2.05) is 20.2 Å². The van der Waals surface area contributed by atoms with Crippen molar-refractivity contribution in [1.29, 1.82) is 0 Å². The first-order chi connectivity index (χ1) is 12.4. The molecule has 0 N–H and O–H groups in total. The van der Waals surface area contributed by atoms with E-state index in [9.17, 15) is 10.1 Å². The zero-order chi connectivity index (χ0) is 18.8. The summed E-state index contributed by atoms with van der Waals surface area (Å²) in [5, 5.41) is 12.0. The molecule has 0 unspecified atom stereocenters. The third kappa shape index (κ3) is 3.68. The lowest BCUT2D eigenvalue weighted by Crippen LogP contribution is -2.07. The van der Waals surface area contributed by atoms with Crippen LogP contribution >= 0.6 is 22.7 Å². The summed E-state index contributed by atoms with van der Waals surface area (Å²) in [5.41, 5.74) is 4.36. The number of nitro benzene ring substituents is 1. The molecule has 0 fully saturated rings. The predicted octanol–water partition coefficient (Wildman–Crippen LogP) is 5.30. The van der Waals surface area contributed by atoms with Crippen LogP contribution in [0.1, 0.15) is 11.1 Å². The van der Waals surface area contributed by atoms with Crippen LogP contribution in [0.3, 0.4) is 0 Å².